The highest BCUT2D eigenvalue weighted by Gasteiger charge is 2.46. The van der Waals surface area contributed by atoms with E-state index >= 15 is 0 Å². The Labute approximate surface area is 203 Å². The molecule has 4 unspecified atom stereocenters. The number of primary amides is 1. The van der Waals surface area contributed by atoms with Crippen LogP contribution in [-0.2, 0) is 12.0 Å². The third-order valence-corrected chi connectivity index (χ3v) is 8.28. The Hall–Kier alpha value is -2.95. The molecule has 3 aromatic carbocycles. The molecule has 5 rings (SSSR count). The predicted octanol–water partition coefficient (Wildman–Crippen LogP) is 5.01. The number of carbonyl (C=O) groups is 1. The lowest BCUT2D eigenvalue weighted by atomic mass is 9.65. The van der Waals surface area contributed by atoms with Crippen molar-refractivity contribution in [1.82, 2.24) is 9.80 Å². The minimum absolute atomic E-state index is 0.00459. The normalized spacial score (nSPS) is 27.8. The van der Waals surface area contributed by atoms with Crippen molar-refractivity contribution in [2.24, 2.45) is 11.7 Å². The first-order valence-electron chi connectivity index (χ1n) is 12.4. The van der Waals surface area contributed by atoms with Gasteiger partial charge in [0.15, 0.2) is 0 Å². The van der Waals surface area contributed by atoms with Gasteiger partial charge in [-0.3, -0.25) is 14.6 Å². The maximum absolute atomic E-state index is 11.8. The Morgan fingerprint density at radius 3 is 2.35 bits per heavy atom. The summed E-state index contributed by atoms with van der Waals surface area (Å²) in [6.45, 7) is 8.83. The smallest absolute Gasteiger partial charge is 0.248 e. The van der Waals surface area contributed by atoms with Crippen LogP contribution in [0.15, 0.2) is 84.9 Å². The molecule has 2 aliphatic rings. The quantitative estimate of drug-likeness (QED) is 0.591. The maximum atomic E-state index is 11.8. The van der Waals surface area contributed by atoms with Crippen molar-refractivity contribution in [2.75, 3.05) is 19.6 Å². The monoisotopic (exact) mass is 453 g/mol. The molecule has 0 bridgehead atoms. The molecule has 0 radical (unpaired) electrons. The van der Waals surface area contributed by atoms with E-state index in [1.54, 1.807) is 0 Å². The van der Waals surface area contributed by atoms with Crippen LogP contribution in [0.1, 0.15) is 53.4 Å². The third kappa shape index (κ3) is 4.40. The van der Waals surface area contributed by atoms with Gasteiger partial charge in [-0.1, -0.05) is 86.6 Å². The summed E-state index contributed by atoms with van der Waals surface area (Å²) in [6.07, 6.45) is 1.07. The number of piperazine rings is 1. The van der Waals surface area contributed by atoms with Crippen LogP contribution in [0.25, 0.3) is 0 Å². The number of amides is 1. The van der Waals surface area contributed by atoms with Crippen LogP contribution < -0.4 is 5.73 Å². The van der Waals surface area contributed by atoms with Crippen LogP contribution in [0.5, 0.6) is 0 Å². The molecule has 2 aliphatic heterocycles. The Bertz CT molecular complexity index is 1130. The molecule has 0 saturated carbocycles. The number of rotatable bonds is 5. The number of carbonyl (C=O) groups excluding carboxylic acids is 1. The standard InChI is InChI=1S/C30H35N3O/c1-22-18-32-21-28(24-12-7-4-8-13-24)33(19-23-10-5-3-6-11-23)20-27(32)17-30(22,2)26-15-9-14-25(16-26)29(31)34/h3-16,22,27-28H,17-21H2,1-2H3,(H2,31,34). The van der Waals surface area contributed by atoms with Crippen LogP contribution in [0, 0.1) is 5.92 Å². The van der Waals surface area contributed by atoms with Crippen molar-refractivity contribution >= 4 is 5.91 Å². The molecule has 2 saturated heterocycles. The molecule has 4 atom stereocenters. The second-order valence-electron chi connectivity index (χ2n) is 10.4. The summed E-state index contributed by atoms with van der Waals surface area (Å²) in [5.74, 6) is 0.122. The minimum Gasteiger partial charge on any atom is -0.366 e. The molecule has 0 aromatic heterocycles. The van der Waals surface area contributed by atoms with E-state index in [1.165, 1.54) is 16.7 Å². The van der Waals surface area contributed by atoms with Gasteiger partial charge in [-0.2, -0.15) is 0 Å². The zero-order valence-corrected chi connectivity index (χ0v) is 20.2. The van der Waals surface area contributed by atoms with Crippen molar-refractivity contribution in [3.8, 4) is 0 Å². The van der Waals surface area contributed by atoms with Crippen LogP contribution >= 0.6 is 0 Å². The highest BCUT2D eigenvalue weighted by atomic mass is 16.1. The second-order valence-corrected chi connectivity index (χ2v) is 10.4. The number of fused-ring (bicyclic) bond motifs is 1. The Morgan fingerprint density at radius 2 is 1.65 bits per heavy atom. The van der Waals surface area contributed by atoms with Crippen LogP contribution in [0.4, 0.5) is 0 Å². The maximum Gasteiger partial charge on any atom is 0.248 e. The number of hydrogen-bond donors (Lipinski definition) is 1. The fourth-order valence-corrected chi connectivity index (χ4v) is 6.08. The van der Waals surface area contributed by atoms with Gasteiger partial charge >= 0.3 is 0 Å². The van der Waals surface area contributed by atoms with Crippen molar-refractivity contribution in [1.29, 1.82) is 0 Å². The van der Waals surface area contributed by atoms with Crippen molar-refractivity contribution in [3.63, 3.8) is 0 Å². The summed E-state index contributed by atoms with van der Waals surface area (Å²) < 4.78 is 0. The Balaban J connectivity index is 1.44. The lowest BCUT2D eigenvalue weighted by Gasteiger charge is -2.55. The van der Waals surface area contributed by atoms with Crippen molar-refractivity contribution in [2.45, 2.75) is 44.3 Å². The molecule has 0 spiro atoms. The van der Waals surface area contributed by atoms with E-state index < -0.39 is 0 Å². The van der Waals surface area contributed by atoms with Gasteiger partial charge in [-0.25, -0.2) is 0 Å². The van der Waals surface area contributed by atoms with Gasteiger partial charge in [-0.05, 0) is 46.6 Å². The van der Waals surface area contributed by atoms with E-state index in [-0.39, 0.29) is 11.3 Å². The minimum atomic E-state index is -0.354. The molecule has 4 nitrogen and oxygen atoms in total. The molecule has 2 fully saturated rings. The molecule has 34 heavy (non-hydrogen) atoms. The average molecular weight is 454 g/mol. The van der Waals surface area contributed by atoms with E-state index in [9.17, 15) is 4.79 Å². The SMILES string of the molecule is CC1CN2CC(c3ccccc3)N(Cc3ccccc3)CC2CC1(C)c1cccc(C(N)=O)c1. The first kappa shape index (κ1) is 22.8. The zero-order chi connectivity index (χ0) is 23.7. The average Bonchev–Trinajstić information content (AvgIpc) is 2.86. The number of nitrogens with two attached hydrogens (primary N) is 1. The molecule has 1 amide bonds. The molecule has 2 heterocycles. The molecule has 3 aromatic rings. The van der Waals surface area contributed by atoms with Gasteiger partial charge in [0.05, 0.1) is 0 Å². The number of hydrogen-bond acceptors (Lipinski definition) is 3. The predicted molar refractivity (Wildman–Crippen MR) is 137 cm³/mol. The van der Waals surface area contributed by atoms with E-state index in [0.29, 0.717) is 23.6 Å². The number of benzene rings is 3. The van der Waals surface area contributed by atoms with Gasteiger partial charge in [-0.15, -0.1) is 0 Å². The topological polar surface area (TPSA) is 49.6 Å². The summed E-state index contributed by atoms with van der Waals surface area (Å²) in [7, 11) is 0. The zero-order valence-electron chi connectivity index (χ0n) is 20.2. The summed E-state index contributed by atoms with van der Waals surface area (Å²) >= 11 is 0. The lowest BCUT2D eigenvalue weighted by Crippen LogP contribution is -2.61. The van der Waals surface area contributed by atoms with Crippen LogP contribution in [0.2, 0.25) is 0 Å². The van der Waals surface area contributed by atoms with Gasteiger partial charge in [0.25, 0.3) is 0 Å². The highest BCUT2D eigenvalue weighted by molar-refractivity contribution is 5.92. The van der Waals surface area contributed by atoms with Crippen LogP contribution in [0.3, 0.4) is 0 Å². The molecular formula is C30H35N3O. The lowest BCUT2D eigenvalue weighted by molar-refractivity contribution is -0.0351. The summed E-state index contributed by atoms with van der Waals surface area (Å²) in [5.41, 5.74) is 10.2. The molecule has 2 N–H and O–H groups in total. The third-order valence-electron chi connectivity index (χ3n) is 8.28. The largest absolute Gasteiger partial charge is 0.366 e. The molecule has 176 valence electrons. The van der Waals surface area contributed by atoms with E-state index in [1.807, 2.05) is 18.2 Å². The van der Waals surface area contributed by atoms with Gasteiger partial charge in [0.2, 0.25) is 5.91 Å². The first-order chi connectivity index (χ1) is 16.4. The second kappa shape index (κ2) is 9.36. The van der Waals surface area contributed by atoms with E-state index in [4.69, 9.17) is 5.73 Å². The Kier molecular flexibility index (Phi) is 6.28. The fraction of sp³-hybridized carbons (Fsp3) is 0.367. The van der Waals surface area contributed by atoms with E-state index in [0.717, 1.165) is 32.6 Å². The van der Waals surface area contributed by atoms with Crippen molar-refractivity contribution in [3.05, 3.63) is 107 Å². The van der Waals surface area contributed by atoms with E-state index in [2.05, 4.69) is 90.4 Å². The molecule has 0 aliphatic carbocycles. The van der Waals surface area contributed by atoms with Gasteiger partial charge in [0.1, 0.15) is 0 Å². The Morgan fingerprint density at radius 1 is 0.941 bits per heavy atom. The fourth-order valence-electron chi connectivity index (χ4n) is 6.08. The highest BCUT2D eigenvalue weighted by Crippen LogP contribution is 2.45. The first-order valence-corrected chi connectivity index (χ1v) is 12.4. The van der Waals surface area contributed by atoms with Crippen molar-refractivity contribution < 1.29 is 4.79 Å². The molecular weight excluding hydrogens is 418 g/mol. The summed E-state index contributed by atoms with van der Waals surface area (Å²) in [6, 6.07) is 30.6. The number of nitrogens with zero attached hydrogens (tertiary/aromatic N) is 2. The van der Waals surface area contributed by atoms with Gasteiger partial charge < -0.3 is 5.73 Å². The van der Waals surface area contributed by atoms with Gasteiger partial charge in [0, 0.05) is 43.8 Å². The summed E-state index contributed by atoms with van der Waals surface area (Å²) in [5, 5.41) is 0. The number of piperidine rings is 1. The van der Waals surface area contributed by atoms with Crippen LogP contribution in [-0.4, -0.2) is 41.4 Å². The molecule has 4 heteroatoms. The summed E-state index contributed by atoms with van der Waals surface area (Å²) in [4.78, 5) is 17.2.